The molecule has 0 aromatic carbocycles. The van der Waals surface area contributed by atoms with Crippen LogP contribution in [-0.2, 0) is 7.05 Å². The second-order valence-corrected chi connectivity index (χ2v) is 6.35. The SMILES string of the molecule is Cl.Cn1c(=O)n([C@H]2CCNC2)c2nc(-c3cnn4ccccc34)ncc21. The van der Waals surface area contributed by atoms with Gasteiger partial charge in [-0.1, -0.05) is 6.07 Å². The summed E-state index contributed by atoms with van der Waals surface area (Å²) in [5.41, 5.74) is 3.18. The molecule has 5 rings (SSSR count). The van der Waals surface area contributed by atoms with Gasteiger partial charge in [-0.3, -0.25) is 9.13 Å². The molecule has 26 heavy (non-hydrogen) atoms. The maximum atomic E-state index is 12.7. The van der Waals surface area contributed by atoms with Crippen LogP contribution < -0.4 is 11.0 Å². The van der Waals surface area contributed by atoms with Crippen LogP contribution in [0.4, 0.5) is 0 Å². The van der Waals surface area contributed by atoms with Gasteiger partial charge in [0.25, 0.3) is 0 Å². The molecule has 0 amide bonds. The van der Waals surface area contributed by atoms with E-state index in [4.69, 9.17) is 4.98 Å². The third-order valence-corrected chi connectivity index (χ3v) is 4.90. The molecule has 1 fully saturated rings. The Morgan fingerprint density at radius 2 is 2.12 bits per heavy atom. The first-order chi connectivity index (χ1) is 12.2. The predicted molar refractivity (Wildman–Crippen MR) is 101 cm³/mol. The third-order valence-electron chi connectivity index (χ3n) is 4.90. The Hall–Kier alpha value is -2.71. The maximum Gasteiger partial charge on any atom is 0.330 e. The molecule has 1 atom stereocenters. The minimum Gasteiger partial charge on any atom is -0.315 e. The third kappa shape index (κ3) is 2.33. The van der Waals surface area contributed by atoms with Gasteiger partial charge in [0.05, 0.1) is 29.5 Å². The molecule has 134 valence electrons. The average Bonchev–Trinajstić information content (AvgIpc) is 3.35. The molecule has 8 nitrogen and oxygen atoms in total. The van der Waals surface area contributed by atoms with E-state index >= 15 is 0 Å². The predicted octanol–water partition coefficient (Wildman–Crippen LogP) is 1.40. The first-order valence-corrected chi connectivity index (χ1v) is 8.31. The monoisotopic (exact) mass is 371 g/mol. The van der Waals surface area contributed by atoms with Crippen molar-refractivity contribution in [1.29, 1.82) is 0 Å². The Labute approximate surface area is 154 Å². The Kier molecular flexibility index (Phi) is 4.01. The second kappa shape index (κ2) is 6.22. The smallest absolute Gasteiger partial charge is 0.315 e. The van der Waals surface area contributed by atoms with Crippen LogP contribution >= 0.6 is 12.4 Å². The van der Waals surface area contributed by atoms with Gasteiger partial charge in [0.1, 0.15) is 5.52 Å². The summed E-state index contributed by atoms with van der Waals surface area (Å²) in [7, 11) is 1.77. The standard InChI is InChI=1S/C17H17N7O.ClH/c1-22-14-10-19-15(12-9-20-23-7-3-2-4-13(12)23)21-16(14)24(17(22)25)11-5-6-18-8-11;/h2-4,7,9-11,18H,5-6,8H2,1H3;1H/t11-;/m0./s1. The van der Waals surface area contributed by atoms with Crippen molar-refractivity contribution in [2.75, 3.05) is 13.1 Å². The topological polar surface area (TPSA) is 82.0 Å². The lowest BCUT2D eigenvalue weighted by molar-refractivity contribution is 0.532. The highest BCUT2D eigenvalue weighted by Gasteiger charge is 2.24. The molecule has 0 unspecified atom stereocenters. The zero-order chi connectivity index (χ0) is 17.0. The molecule has 0 saturated carbocycles. The summed E-state index contributed by atoms with van der Waals surface area (Å²) in [6, 6.07) is 6.00. The van der Waals surface area contributed by atoms with E-state index < -0.39 is 0 Å². The van der Waals surface area contributed by atoms with Crippen molar-refractivity contribution in [2.24, 2.45) is 7.05 Å². The molecule has 4 aromatic heterocycles. The van der Waals surface area contributed by atoms with Crippen LogP contribution in [-0.4, -0.2) is 41.8 Å². The molecule has 0 spiro atoms. The van der Waals surface area contributed by atoms with Crippen LogP contribution in [0.2, 0.25) is 0 Å². The minimum atomic E-state index is -0.0463. The van der Waals surface area contributed by atoms with Crippen molar-refractivity contribution in [2.45, 2.75) is 12.5 Å². The quantitative estimate of drug-likeness (QED) is 0.576. The van der Waals surface area contributed by atoms with Gasteiger partial charge in [0.15, 0.2) is 11.5 Å². The van der Waals surface area contributed by atoms with E-state index in [1.54, 1.807) is 33.1 Å². The fourth-order valence-corrected chi connectivity index (χ4v) is 3.56. The molecular formula is C17H18ClN7O. The van der Waals surface area contributed by atoms with Gasteiger partial charge in [-0.15, -0.1) is 12.4 Å². The van der Waals surface area contributed by atoms with Crippen molar-refractivity contribution in [3.63, 3.8) is 0 Å². The van der Waals surface area contributed by atoms with Crippen molar-refractivity contribution in [3.05, 3.63) is 47.3 Å². The molecule has 1 saturated heterocycles. The van der Waals surface area contributed by atoms with E-state index in [0.717, 1.165) is 36.1 Å². The van der Waals surface area contributed by atoms with Crippen molar-refractivity contribution in [3.8, 4) is 11.4 Å². The lowest BCUT2D eigenvalue weighted by Gasteiger charge is -2.09. The lowest BCUT2D eigenvalue weighted by Crippen LogP contribution is -2.27. The highest BCUT2D eigenvalue weighted by Crippen LogP contribution is 2.24. The number of rotatable bonds is 2. The number of hydrogen-bond acceptors (Lipinski definition) is 5. The normalized spacial score (nSPS) is 17.0. The summed E-state index contributed by atoms with van der Waals surface area (Å²) in [5.74, 6) is 0.582. The fourth-order valence-electron chi connectivity index (χ4n) is 3.56. The molecule has 5 heterocycles. The number of halogens is 1. The van der Waals surface area contributed by atoms with Crippen LogP contribution in [0.3, 0.4) is 0 Å². The highest BCUT2D eigenvalue weighted by atomic mass is 35.5. The zero-order valence-corrected chi connectivity index (χ0v) is 15.0. The number of hydrogen-bond donors (Lipinski definition) is 1. The van der Waals surface area contributed by atoms with E-state index in [0.29, 0.717) is 11.5 Å². The van der Waals surface area contributed by atoms with Crippen molar-refractivity contribution in [1.82, 2.24) is 34.0 Å². The van der Waals surface area contributed by atoms with Crippen molar-refractivity contribution < 1.29 is 0 Å². The molecule has 0 radical (unpaired) electrons. The Morgan fingerprint density at radius 1 is 1.23 bits per heavy atom. The van der Waals surface area contributed by atoms with E-state index in [2.05, 4.69) is 15.4 Å². The maximum absolute atomic E-state index is 12.7. The summed E-state index contributed by atoms with van der Waals surface area (Å²) in [5, 5.41) is 7.66. The molecule has 1 aliphatic rings. The summed E-state index contributed by atoms with van der Waals surface area (Å²) in [6.45, 7) is 1.70. The molecule has 0 bridgehead atoms. The molecule has 4 aromatic rings. The zero-order valence-electron chi connectivity index (χ0n) is 14.2. The summed E-state index contributed by atoms with van der Waals surface area (Å²) >= 11 is 0. The number of nitrogens with one attached hydrogen (secondary N) is 1. The van der Waals surface area contributed by atoms with E-state index in [-0.39, 0.29) is 24.1 Å². The van der Waals surface area contributed by atoms with Crippen molar-refractivity contribution >= 4 is 29.1 Å². The Bertz CT molecular complexity index is 1150. The van der Waals surface area contributed by atoms with E-state index in [1.807, 2.05) is 24.4 Å². The van der Waals surface area contributed by atoms with Crippen LogP contribution in [0.1, 0.15) is 12.5 Å². The number of aromatic nitrogens is 6. The van der Waals surface area contributed by atoms with Gasteiger partial charge in [0, 0.05) is 19.8 Å². The lowest BCUT2D eigenvalue weighted by atomic mass is 10.2. The van der Waals surface area contributed by atoms with Crippen LogP contribution in [0.15, 0.2) is 41.6 Å². The first kappa shape index (κ1) is 16.7. The Balaban J connectivity index is 0.00000168. The van der Waals surface area contributed by atoms with E-state index in [1.165, 1.54) is 0 Å². The fraction of sp³-hybridized carbons (Fsp3) is 0.294. The summed E-state index contributed by atoms with van der Waals surface area (Å²) in [4.78, 5) is 21.9. The number of nitrogens with zero attached hydrogens (tertiary/aromatic N) is 6. The average molecular weight is 372 g/mol. The number of pyridine rings is 1. The van der Waals surface area contributed by atoms with Gasteiger partial charge < -0.3 is 5.32 Å². The summed E-state index contributed by atoms with van der Waals surface area (Å²) in [6.07, 6.45) is 6.30. The largest absolute Gasteiger partial charge is 0.330 e. The van der Waals surface area contributed by atoms with Gasteiger partial charge in [-0.2, -0.15) is 5.10 Å². The molecule has 0 aliphatic carbocycles. The molecule has 9 heteroatoms. The van der Waals surface area contributed by atoms with Gasteiger partial charge in [-0.25, -0.2) is 19.3 Å². The highest BCUT2D eigenvalue weighted by molar-refractivity contribution is 5.85. The molecular weight excluding hydrogens is 354 g/mol. The van der Waals surface area contributed by atoms with E-state index in [9.17, 15) is 4.79 Å². The van der Waals surface area contributed by atoms with Crippen LogP contribution in [0.25, 0.3) is 28.1 Å². The van der Waals surface area contributed by atoms with Crippen LogP contribution in [0, 0.1) is 0 Å². The molecule has 1 N–H and O–H groups in total. The van der Waals surface area contributed by atoms with Gasteiger partial charge in [0.2, 0.25) is 0 Å². The van der Waals surface area contributed by atoms with Gasteiger partial charge >= 0.3 is 5.69 Å². The number of fused-ring (bicyclic) bond motifs is 2. The van der Waals surface area contributed by atoms with Gasteiger partial charge in [-0.05, 0) is 25.1 Å². The number of aryl methyl sites for hydroxylation is 1. The summed E-state index contributed by atoms with van der Waals surface area (Å²) < 4.78 is 5.21. The number of imidazole rings is 1. The first-order valence-electron chi connectivity index (χ1n) is 8.31. The van der Waals surface area contributed by atoms with Crippen LogP contribution in [0.5, 0.6) is 0 Å². The second-order valence-electron chi connectivity index (χ2n) is 6.35. The minimum absolute atomic E-state index is 0. The molecule has 1 aliphatic heterocycles. The Morgan fingerprint density at radius 3 is 2.92 bits per heavy atom.